The summed E-state index contributed by atoms with van der Waals surface area (Å²) in [5, 5.41) is 15.6. The lowest BCUT2D eigenvalue weighted by molar-refractivity contribution is -0.00922. The highest BCUT2D eigenvalue weighted by Crippen LogP contribution is 2.38. The normalized spacial score (nSPS) is 15.5. The topological polar surface area (TPSA) is 78.7 Å². The van der Waals surface area contributed by atoms with Crippen LogP contribution < -0.4 is 4.74 Å². The number of H-pyrrole nitrogens is 1. The molecule has 0 atom stereocenters. The standard InChI is InChI=1S/C27H35N5O2/c1-17(2)24-21-10-18(6-7-19-12-31(13-19)15-27(3,4)33)8-9-22(21)30-25(24)20-11-23(34-5)26-28-16-29-32(26)14-20/h8-11,14,16-17,19,30,33H,6-7,12-13,15H2,1-5H3. The Bertz CT molecular complexity index is 1310. The molecule has 4 heterocycles. The van der Waals surface area contributed by atoms with E-state index in [1.165, 1.54) is 22.9 Å². The van der Waals surface area contributed by atoms with Gasteiger partial charge in [0.05, 0.1) is 18.4 Å². The molecule has 7 heteroatoms. The Balaban J connectivity index is 1.40. The number of aryl methyl sites for hydroxylation is 1. The minimum absolute atomic E-state index is 0.360. The van der Waals surface area contributed by atoms with Crippen molar-refractivity contribution in [2.24, 2.45) is 5.92 Å². The number of aromatic nitrogens is 4. The van der Waals surface area contributed by atoms with Crippen LogP contribution in [0.3, 0.4) is 0 Å². The molecule has 0 saturated carbocycles. The second-order valence-electron chi connectivity index (χ2n) is 10.7. The zero-order valence-electron chi connectivity index (χ0n) is 20.8. The van der Waals surface area contributed by atoms with Crippen LogP contribution >= 0.6 is 0 Å². The number of rotatable bonds is 8. The smallest absolute Gasteiger partial charge is 0.197 e. The Hall–Kier alpha value is -2.90. The van der Waals surface area contributed by atoms with Crippen LogP contribution in [0.2, 0.25) is 0 Å². The first-order valence-corrected chi connectivity index (χ1v) is 12.2. The number of pyridine rings is 1. The number of β-amino-alcohol motifs (C(OH)–C–C–N with tert-alkyl or cyclic N) is 1. The first-order chi connectivity index (χ1) is 16.2. The summed E-state index contributed by atoms with van der Waals surface area (Å²) >= 11 is 0. The molecule has 1 aliphatic rings. The van der Waals surface area contributed by atoms with E-state index in [9.17, 15) is 5.11 Å². The summed E-state index contributed by atoms with van der Waals surface area (Å²) in [4.78, 5) is 10.3. The number of ether oxygens (including phenoxy) is 1. The van der Waals surface area contributed by atoms with Crippen molar-refractivity contribution in [3.63, 3.8) is 0 Å². The van der Waals surface area contributed by atoms with E-state index in [4.69, 9.17) is 4.74 Å². The predicted octanol–water partition coefficient (Wildman–Crippen LogP) is 4.64. The fraction of sp³-hybridized carbons (Fsp3) is 0.481. The van der Waals surface area contributed by atoms with Gasteiger partial charge in [-0.1, -0.05) is 19.9 Å². The maximum atomic E-state index is 10.0. The minimum atomic E-state index is -0.613. The zero-order valence-corrected chi connectivity index (χ0v) is 20.8. The summed E-state index contributed by atoms with van der Waals surface area (Å²) in [5.74, 6) is 1.79. The highest BCUT2D eigenvalue weighted by molar-refractivity contribution is 5.92. The van der Waals surface area contributed by atoms with Crippen molar-refractivity contribution in [3.8, 4) is 17.0 Å². The molecular weight excluding hydrogens is 426 g/mol. The number of nitrogens with one attached hydrogen (secondary N) is 1. The average Bonchev–Trinajstić information content (AvgIpc) is 3.37. The number of nitrogens with zero attached hydrogens (tertiary/aromatic N) is 4. The fourth-order valence-corrected chi connectivity index (χ4v) is 5.33. The molecule has 5 rings (SSSR count). The third-order valence-corrected chi connectivity index (χ3v) is 6.82. The van der Waals surface area contributed by atoms with Crippen molar-refractivity contribution in [3.05, 3.63) is 47.9 Å². The van der Waals surface area contributed by atoms with Crippen LogP contribution in [0.1, 0.15) is 51.2 Å². The van der Waals surface area contributed by atoms with E-state index in [0.29, 0.717) is 23.2 Å². The van der Waals surface area contributed by atoms with Gasteiger partial charge in [0.1, 0.15) is 6.33 Å². The fourth-order valence-electron chi connectivity index (χ4n) is 5.33. The first kappa shape index (κ1) is 22.9. The Labute approximate surface area is 200 Å². The maximum absolute atomic E-state index is 10.0. The lowest BCUT2D eigenvalue weighted by atomic mass is 9.90. The molecule has 0 aliphatic carbocycles. The molecule has 0 unspecified atom stereocenters. The number of methoxy groups -OCH3 is 1. The number of hydrogen-bond donors (Lipinski definition) is 2. The Kier molecular flexibility index (Phi) is 5.86. The molecule has 0 radical (unpaired) electrons. The molecule has 34 heavy (non-hydrogen) atoms. The molecule has 1 aromatic carbocycles. The van der Waals surface area contributed by atoms with Crippen LogP contribution in [-0.4, -0.2) is 61.9 Å². The quantitative estimate of drug-likeness (QED) is 0.400. The van der Waals surface area contributed by atoms with Crippen LogP contribution in [0, 0.1) is 5.92 Å². The molecule has 180 valence electrons. The summed E-state index contributed by atoms with van der Waals surface area (Å²) in [5.41, 5.74) is 6.10. The molecule has 1 saturated heterocycles. The van der Waals surface area contributed by atoms with Crippen LogP contribution in [-0.2, 0) is 6.42 Å². The predicted molar refractivity (Wildman–Crippen MR) is 135 cm³/mol. The number of aromatic amines is 1. The van der Waals surface area contributed by atoms with E-state index in [1.807, 2.05) is 26.1 Å². The van der Waals surface area contributed by atoms with Crippen molar-refractivity contribution < 1.29 is 9.84 Å². The monoisotopic (exact) mass is 461 g/mol. The number of benzene rings is 1. The highest BCUT2D eigenvalue weighted by Gasteiger charge is 2.30. The largest absolute Gasteiger partial charge is 0.493 e. The van der Waals surface area contributed by atoms with E-state index in [1.54, 1.807) is 18.0 Å². The minimum Gasteiger partial charge on any atom is -0.493 e. The molecule has 4 aromatic rings. The van der Waals surface area contributed by atoms with Gasteiger partial charge in [-0.3, -0.25) is 4.90 Å². The van der Waals surface area contributed by atoms with Gasteiger partial charge < -0.3 is 14.8 Å². The van der Waals surface area contributed by atoms with Crippen molar-refractivity contribution in [2.75, 3.05) is 26.7 Å². The SMILES string of the molecule is COc1cc(-c2[nH]c3ccc(CCC4CN(CC(C)(C)O)C4)cc3c2C(C)C)cn2ncnc12. The average molecular weight is 462 g/mol. The van der Waals surface area contributed by atoms with Crippen molar-refractivity contribution in [1.29, 1.82) is 0 Å². The maximum Gasteiger partial charge on any atom is 0.197 e. The van der Waals surface area contributed by atoms with Crippen LogP contribution in [0.5, 0.6) is 5.75 Å². The van der Waals surface area contributed by atoms with Gasteiger partial charge in [-0.2, -0.15) is 5.10 Å². The molecule has 0 amide bonds. The zero-order chi connectivity index (χ0) is 24.0. The Morgan fingerprint density at radius 3 is 2.74 bits per heavy atom. The first-order valence-electron chi connectivity index (χ1n) is 12.2. The lowest BCUT2D eigenvalue weighted by Crippen LogP contribution is -2.52. The van der Waals surface area contributed by atoms with Crippen LogP contribution in [0.4, 0.5) is 0 Å². The summed E-state index contributed by atoms with van der Waals surface area (Å²) in [7, 11) is 1.67. The van der Waals surface area contributed by atoms with Gasteiger partial charge in [-0.15, -0.1) is 0 Å². The second-order valence-corrected chi connectivity index (χ2v) is 10.7. The molecule has 1 aliphatic heterocycles. The van der Waals surface area contributed by atoms with Crippen molar-refractivity contribution in [2.45, 2.75) is 52.1 Å². The van der Waals surface area contributed by atoms with Crippen molar-refractivity contribution >= 4 is 16.6 Å². The molecule has 7 nitrogen and oxygen atoms in total. The number of aliphatic hydroxyl groups is 1. The van der Waals surface area contributed by atoms with Gasteiger partial charge in [0.25, 0.3) is 0 Å². The van der Waals surface area contributed by atoms with Crippen molar-refractivity contribution in [1.82, 2.24) is 24.5 Å². The molecule has 1 fully saturated rings. The number of fused-ring (bicyclic) bond motifs is 2. The number of likely N-dealkylation sites (tertiary alicyclic amines) is 1. The molecule has 2 N–H and O–H groups in total. The molecule has 0 bridgehead atoms. The van der Waals surface area contributed by atoms with E-state index in [2.05, 4.69) is 52.0 Å². The van der Waals surface area contributed by atoms with E-state index in [-0.39, 0.29) is 0 Å². The van der Waals surface area contributed by atoms with E-state index in [0.717, 1.165) is 42.8 Å². The summed E-state index contributed by atoms with van der Waals surface area (Å²) in [6.07, 6.45) is 5.82. The highest BCUT2D eigenvalue weighted by atomic mass is 16.5. The van der Waals surface area contributed by atoms with Gasteiger partial charge in [0.2, 0.25) is 0 Å². The molecule has 3 aromatic heterocycles. The van der Waals surface area contributed by atoms with E-state index < -0.39 is 5.60 Å². The summed E-state index contributed by atoms with van der Waals surface area (Å²) < 4.78 is 7.36. The van der Waals surface area contributed by atoms with E-state index >= 15 is 0 Å². The third-order valence-electron chi connectivity index (χ3n) is 6.82. The lowest BCUT2D eigenvalue weighted by Gasteiger charge is -2.42. The Morgan fingerprint density at radius 1 is 1.24 bits per heavy atom. The summed E-state index contributed by atoms with van der Waals surface area (Å²) in [6.45, 7) is 11.2. The van der Waals surface area contributed by atoms with Gasteiger partial charge >= 0.3 is 0 Å². The Morgan fingerprint density at radius 2 is 2.03 bits per heavy atom. The van der Waals surface area contributed by atoms with Gasteiger partial charge in [-0.05, 0) is 67.9 Å². The molecular formula is C27H35N5O2. The second kappa shape index (κ2) is 8.71. The number of hydrogen-bond acceptors (Lipinski definition) is 5. The van der Waals surface area contributed by atoms with Gasteiger partial charge in [-0.25, -0.2) is 9.50 Å². The molecule has 0 spiro atoms. The van der Waals surface area contributed by atoms with Gasteiger partial charge in [0.15, 0.2) is 11.4 Å². The third kappa shape index (κ3) is 4.42. The van der Waals surface area contributed by atoms with Crippen LogP contribution in [0.25, 0.3) is 27.8 Å². The summed E-state index contributed by atoms with van der Waals surface area (Å²) in [6, 6.07) is 8.87. The van der Waals surface area contributed by atoms with Crippen LogP contribution in [0.15, 0.2) is 36.8 Å². The van der Waals surface area contributed by atoms with Gasteiger partial charge in [0, 0.05) is 42.3 Å².